The fourth-order valence-electron chi connectivity index (χ4n) is 2.90. The number of rotatable bonds is 2. The summed E-state index contributed by atoms with van der Waals surface area (Å²) in [4.78, 5) is 13.6. The fraction of sp³-hybridized carbons (Fsp3) is 0.562. The van der Waals surface area contributed by atoms with Gasteiger partial charge in [-0.25, -0.2) is 0 Å². The maximum atomic E-state index is 11.2. The molecule has 3 nitrogen and oxygen atoms in total. The van der Waals surface area contributed by atoms with Crippen LogP contribution in [0.1, 0.15) is 45.7 Å². The fourth-order valence-corrected chi connectivity index (χ4v) is 3.16. The molecule has 1 aliphatic rings. The van der Waals surface area contributed by atoms with Crippen molar-refractivity contribution < 1.29 is 9.53 Å². The Morgan fingerprint density at radius 1 is 1.35 bits per heavy atom. The van der Waals surface area contributed by atoms with Crippen LogP contribution in [0.2, 0.25) is 5.02 Å². The lowest BCUT2D eigenvalue weighted by atomic mass is 9.99. The summed E-state index contributed by atoms with van der Waals surface area (Å²) >= 11 is 6.34. The number of esters is 1. The van der Waals surface area contributed by atoms with Crippen LogP contribution >= 0.6 is 11.6 Å². The van der Waals surface area contributed by atoms with Crippen molar-refractivity contribution in [2.24, 2.45) is 0 Å². The second kappa shape index (κ2) is 5.74. The van der Waals surface area contributed by atoms with Gasteiger partial charge in [0, 0.05) is 36.5 Å². The molecule has 1 heterocycles. The minimum absolute atomic E-state index is 0.00125. The number of hydrogen-bond donors (Lipinski definition) is 0. The van der Waals surface area contributed by atoms with Gasteiger partial charge in [0.05, 0.1) is 0 Å². The van der Waals surface area contributed by atoms with Crippen LogP contribution in [-0.2, 0) is 9.53 Å². The highest BCUT2D eigenvalue weighted by atomic mass is 35.5. The highest BCUT2D eigenvalue weighted by Gasteiger charge is 2.40. The average molecular weight is 296 g/mol. The number of halogens is 1. The molecule has 0 N–H and O–H groups in total. The molecule has 1 aromatic rings. The summed E-state index contributed by atoms with van der Waals surface area (Å²) < 4.78 is 5.40. The monoisotopic (exact) mass is 295 g/mol. The molecule has 1 aliphatic heterocycles. The summed E-state index contributed by atoms with van der Waals surface area (Å²) in [6.45, 7) is 8.73. The van der Waals surface area contributed by atoms with E-state index in [1.807, 2.05) is 18.2 Å². The molecule has 1 saturated heterocycles. The Balaban J connectivity index is 2.29. The second-order valence-electron chi connectivity index (χ2n) is 6.33. The molecule has 0 amide bonds. The van der Waals surface area contributed by atoms with Gasteiger partial charge >= 0.3 is 5.97 Å². The van der Waals surface area contributed by atoms with Crippen molar-refractivity contribution in [1.82, 2.24) is 4.90 Å². The van der Waals surface area contributed by atoms with Gasteiger partial charge in [-0.2, -0.15) is 0 Å². The van der Waals surface area contributed by atoms with E-state index in [0.29, 0.717) is 0 Å². The lowest BCUT2D eigenvalue weighted by molar-refractivity contribution is -0.145. The Kier molecular flexibility index (Phi) is 4.40. The molecule has 20 heavy (non-hydrogen) atoms. The highest BCUT2D eigenvalue weighted by molar-refractivity contribution is 6.31. The Bertz CT molecular complexity index is 495. The van der Waals surface area contributed by atoms with E-state index in [4.69, 9.17) is 16.3 Å². The maximum Gasteiger partial charge on any atom is 0.302 e. The van der Waals surface area contributed by atoms with Crippen molar-refractivity contribution in [3.8, 4) is 0 Å². The molecule has 2 rings (SSSR count). The third kappa shape index (κ3) is 3.33. The molecule has 0 spiro atoms. The quantitative estimate of drug-likeness (QED) is 0.777. The number of hydrogen-bond acceptors (Lipinski definition) is 3. The molecule has 2 unspecified atom stereocenters. The molecule has 0 aromatic heterocycles. The Hall–Kier alpha value is -1.06. The first-order valence-electron chi connectivity index (χ1n) is 6.97. The van der Waals surface area contributed by atoms with Crippen LogP contribution in [-0.4, -0.2) is 29.1 Å². The molecule has 0 radical (unpaired) electrons. The molecule has 1 aromatic carbocycles. The normalized spacial score (nSPS) is 23.9. The van der Waals surface area contributed by atoms with Crippen molar-refractivity contribution >= 4 is 17.6 Å². The molecular weight excluding hydrogens is 274 g/mol. The molecular formula is C16H22ClNO2. The van der Waals surface area contributed by atoms with E-state index in [0.717, 1.165) is 23.6 Å². The van der Waals surface area contributed by atoms with Crippen LogP contribution in [0.25, 0.3) is 0 Å². The zero-order chi connectivity index (χ0) is 14.9. The lowest BCUT2D eigenvalue weighted by Crippen LogP contribution is -2.41. The van der Waals surface area contributed by atoms with Crippen molar-refractivity contribution in [3.63, 3.8) is 0 Å². The van der Waals surface area contributed by atoms with E-state index in [1.165, 1.54) is 6.92 Å². The number of benzene rings is 1. The van der Waals surface area contributed by atoms with Crippen LogP contribution in [0.4, 0.5) is 0 Å². The number of carbonyl (C=O) groups excluding carboxylic acids is 1. The van der Waals surface area contributed by atoms with Crippen LogP contribution in [0.5, 0.6) is 0 Å². The van der Waals surface area contributed by atoms with E-state index in [-0.39, 0.29) is 23.7 Å². The second-order valence-corrected chi connectivity index (χ2v) is 6.73. The van der Waals surface area contributed by atoms with Gasteiger partial charge in [-0.15, -0.1) is 0 Å². The summed E-state index contributed by atoms with van der Waals surface area (Å²) in [5.74, 6) is -0.219. The van der Waals surface area contributed by atoms with Crippen molar-refractivity contribution in [3.05, 3.63) is 34.9 Å². The van der Waals surface area contributed by atoms with Crippen molar-refractivity contribution in [2.75, 3.05) is 6.54 Å². The third-order valence-electron chi connectivity index (χ3n) is 3.72. The maximum absolute atomic E-state index is 11.2. The molecule has 0 saturated carbocycles. The summed E-state index contributed by atoms with van der Waals surface area (Å²) in [5.41, 5.74) is 1.11. The molecule has 4 heteroatoms. The zero-order valence-electron chi connectivity index (χ0n) is 12.5. The predicted octanol–water partition coefficient (Wildman–Crippen LogP) is 3.82. The molecule has 0 aliphatic carbocycles. The summed E-state index contributed by atoms with van der Waals surface area (Å²) in [6, 6.07) is 8.10. The number of carbonyl (C=O) groups is 1. The number of likely N-dealkylation sites (tertiary alicyclic amines) is 1. The van der Waals surface area contributed by atoms with E-state index >= 15 is 0 Å². The third-order valence-corrected chi connectivity index (χ3v) is 4.07. The Morgan fingerprint density at radius 2 is 2.00 bits per heavy atom. The lowest BCUT2D eigenvalue weighted by Gasteiger charge is -2.37. The number of ether oxygens (including phenoxy) is 1. The van der Waals surface area contributed by atoms with Gasteiger partial charge in [0.25, 0.3) is 0 Å². The molecule has 0 bridgehead atoms. The number of nitrogens with zero attached hydrogens (tertiary/aromatic N) is 1. The molecule has 1 fully saturated rings. The van der Waals surface area contributed by atoms with Crippen molar-refractivity contribution in [2.45, 2.75) is 51.8 Å². The van der Waals surface area contributed by atoms with E-state index in [2.05, 4.69) is 31.7 Å². The van der Waals surface area contributed by atoms with Crippen LogP contribution in [0.3, 0.4) is 0 Å². The Morgan fingerprint density at radius 3 is 2.55 bits per heavy atom. The largest absolute Gasteiger partial charge is 0.461 e. The minimum Gasteiger partial charge on any atom is -0.461 e. The predicted molar refractivity (Wildman–Crippen MR) is 80.8 cm³/mol. The zero-order valence-corrected chi connectivity index (χ0v) is 13.3. The first-order chi connectivity index (χ1) is 9.29. The average Bonchev–Trinajstić information content (AvgIpc) is 2.72. The van der Waals surface area contributed by atoms with Gasteiger partial charge < -0.3 is 4.74 Å². The van der Waals surface area contributed by atoms with E-state index < -0.39 is 0 Å². The highest BCUT2D eigenvalue weighted by Crippen LogP contribution is 2.40. The first-order valence-corrected chi connectivity index (χ1v) is 7.35. The SMILES string of the molecule is CC(=O)OC1CC(c2ccccc2Cl)N(C(C)(C)C)C1. The first kappa shape index (κ1) is 15.3. The smallest absolute Gasteiger partial charge is 0.302 e. The van der Waals surface area contributed by atoms with Gasteiger partial charge in [0.15, 0.2) is 0 Å². The van der Waals surface area contributed by atoms with Crippen LogP contribution in [0.15, 0.2) is 24.3 Å². The van der Waals surface area contributed by atoms with E-state index in [9.17, 15) is 4.79 Å². The van der Waals surface area contributed by atoms with Gasteiger partial charge in [-0.05, 0) is 32.4 Å². The van der Waals surface area contributed by atoms with Gasteiger partial charge in [-0.3, -0.25) is 9.69 Å². The standard InChI is InChI=1S/C16H22ClNO2/c1-11(19)20-12-9-15(18(10-12)16(2,3)4)13-7-5-6-8-14(13)17/h5-8,12,15H,9-10H2,1-4H3. The van der Waals surface area contributed by atoms with Gasteiger partial charge in [0.1, 0.15) is 6.10 Å². The summed E-state index contributed by atoms with van der Waals surface area (Å²) in [7, 11) is 0. The molecule has 2 atom stereocenters. The van der Waals surface area contributed by atoms with Gasteiger partial charge in [-0.1, -0.05) is 29.8 Å². The molecule has 110 valence electrons. The summed E-state index contributed by atoms with van der Waals surface area (Å²) in [6.07, 6.45) is 0.730. The van der Waals surface area contributed by atoms with Gasteiger partial charge in [0.2, 0.25) is 0 Å². The van der Waals surface area contributed by atoms with Crippen molar-refractivity contribution in [1.29, 1.82) is 0 Å². The van der Waals surface area contributed by atoms with Crippen LogP contribution in [0, 0.1) is 0 Å². The van der Waals surface area contributed by atoms with Crippen LogP contribution < -0.4 is 0 Å². The Labute approximate surface area is 125 Å². The van der Waals surface area contributed by atoms with E-state index in [1.54, 1.807) is 0 Å². The summed E-state index contributed by atoms with van der Waals surface area (Å²) in [5, 5.41) is 0.773. The topological polar surface area (TPSA) is 29.5 Å². The minimum atomic E-state index is -0.219.